The first-order valence-corrected chi connectivity index (χ1v) is 9.77. The molecule has 1 amide bonds. The Kier molecular flexibility index (Phi) is 6.76. The average molecular weight is 376 g/mol. The molecule has 1 atom stereocenters. The molecule has 2 aromatic rings. The zero-order valence-corrected chi connectivity index (χ0v) is 16.0. The Morgan fingerprint density at radius 3 is 2.27 bits per heavy atom. The van der Waals surface area contributed by atoms with Crippen molar-refractivity contribution in [2.45, 2.75) is 24.3 Å². The third-order valence-electron chi connectivity index (χ3n) is 4.08. The van der Waals surface area contributed by atoms with E-state index in [2.05, 4.69) is 5.32 Å². The third-order valence-corrected chi connectivity index (χ3v) is 5.90. The Hall–Kier alpha value is -2.38. The maximum atomic E-state index is 12.5. The Bertz CT molecular complexity index is 820. The summed E-state index contributed by atoms with van der Waals surface area (Å²) in [7, 11) is -0.701. The van der Waals surface area contributed by atoms with Gasteiger partial charge >= 0.3 is 0 Å². The van der Waals surface area contributed by atoms with Crippen LogP contribution in [0, 0.1) is 0 Å². The first-order valence-electron chi connectivity index (χ1n) is 8.33. The van der Waals surface area contributed by atoms with Crippen LogP contribution in [0.1, 0.15) is 24.9 Å². The van der Waals surface area contributed by atoms with E-state index < -0.39 is 10.0 Å². The molecule has 0 aliphatic rings. The number of benzene rings is 2. The van der Waals surface area contributed by atoms with Gasteiger partial charge in [-0.15, -0.1) is 0 Å². The summed E-state index contributed by atoms with van der Waals surface area (Å²) in [5.74, 6) is 0.387. The van der Waals surface area contributed by atoms with Gasteiger partial charge in [-0.1, -0.05) is 37.3 Å². The number of hydrogen-bond donors (Lipinski definition) is 1. The SMILES string of the molecule is CC[C@H](NC(=O)CN(C)S(=O)(=O)c1ccccc1)c1ccc(OC)cc1. The lowest BCUT2D eigenvalue weighted by molar-refractivity contribution is -0.121. The van der Waals surface area contributed by atoms with E-state index in [0.29, 0.717) is 6.42 Å². The van der Waals surface area contributed by atoms with Crippen LogP contribution in [0.2, 0.25) is 0 Å². The number of nitrogens with zero attached hydrogens (tertiary/aromatic N) is 1. The van der Waals surface area contributed by atoms with Gasteiger partial charge in [0.25, 0.3) is 0 Å². The summed E-state index contributed by atoms with van der Waals surface area (Å²) in [5, 5.41) is 2.89. The summed E-state index contributed by atoms with van der Waals surface area (Å²) in [4.78, 5) is 12.5. The van der Waals surface area contributed by atoms with Crippen LogP contribution < -0.4 is 10.1 Å². The number of carbonyl (C=O) groups excluding carboxylic acids is 1. The van der Waals surface area contributed by atoms with Gasteiger partial charge in [-0.25, -0.2) is 8.42 Å². The molecule has 0 unspecified atom stereocenters. The number of rotatable bonds is 8. The number of ether oxygens (including phenoxy) is 1. The van der Waals surface area contributed by atoms with Crippen molar-refractivity contribution in [2.24, 2.45) is 0 Å². The number of sulfonamides is 1. The fraction of sp³-hybridized carbons (Fsp3) is 0.316. The average Bonchev–Trinajstić information content (AvgIpc) is 2.66. The Balaban J connectivity index is 2.03. The molecular formula is C19H24N2O4S. The minimum Gasteiger partial charge on any atom is -0.497 e. The molecule has 0 aromatic heterocycles. The number of amides is 1. The molecule has 1 N–H and O–H groups in total. The molecule has 0 aliphatic carbocycles. The molecule has 6 nitrogen and oxygen atoms in total. The first-order chi connectivity index (χ1) is 12.4. The van der Waals surface area contributed by atoms with Gasteiger partial charge in [-0.2, -0.15) is 4.31 Å². The van der Waals surface area contributed by atoms with Crippen molar-refractivity contribution < 1.29 is 17.9 Å². The van der Waals surface area contributed by atoms with Crippen LogP contribution >= 0.6 is 0 Å². The fourth-order valence-corrected chi connectivity index (χ4v) is 3.71. The van der Waals surface area contributed by atoms with E-state index in [4.69, 9.17) is 4.74 Å². The molecule has 0 bridgehead atoms. The van der Waals surface area contributed by atoms with E-state index in [-0.39, 0.29) is 23.4 Å². The van der Waals surface area contributed by atoms with Crippen LogP contribution in [-0.4, -0.2) is 39.3 Å². The van der Waals surface area contributed by atoms with Gasteiger partial charge in [0.1, 0.15) is 5.75 Å². The lowest BCUT2D eigenvalue weighted by Crippen LogP contribution is -2.39. The van der Waals surface area contributed by atoms with Gasteiger partial charge in [-0.05, 0) is 36.2 Å². The minimum absolute atomic E-state index is 0.164. The van der Waals surface area contributed by atoms with Crippen molar-refractivity contribution in [3.63, 3.8) is 0 Å². The molecule has 0 heterocycles. The minimum atomic E-state index is -3.69. The Labute approximate surface area is 154 Å². The maximum absolute atomic E-state index is 12.5. The number of hydrogen-bond acceptors (Lipinski definition) is 4. The highest BCUT2D eigenvalue weighted by molar-refractivity contribution is 7.89. The molecule has 26 heavy (non-hydrogen) atoms. The summed E-state index contributed by atoms with van der Waals surface area (Å²) in [6.45, 7) is 1.71. The van der Waals surface area contributed by atoms with Gasteiger partial charge in [-0.3, -0.25) is 4.79 Å². The second-order valence-corrected chi connectivity index (χ2v) is 7.92. The summed E-state index contributed by atoms with van der Waals surface area (Å²) >= 11 is 0. The largest absolute Gasteiger partial charge is 0.497 e. The number of nitrogens with one attached hydrogen (secondary N) is 1. The van der Waals surface area contributed by atoms with Gasteiger partial charge in [0.2, 0.25) is 15.9 Å². The predicted octanol–water partition coefficient (Wildman–Crippen LogP) is 2.58. The molecule has 2 aromatic carbocycles. The second kappa shape index (κ2) is 8.82. The molecular weight excluding hydrogens is 352 g/mol. The van der Waals surface area contributed by atoms with Crippen LogP contribution in [0.3, 0.4) is 0 Å². The van der Waals surface area contributed by atoms with Crippen molar-refractivity contribution in [3.05, 3.63) is 60.2 Å². The molecule has 0 spiro atoms. The molecule has 140 valence electrons. The topological polar surface area (TPSA) is 75.7 Å². The Morgan fingerprint density at radius 1 is 1.12 bits per heavy atom. The van der Waals surface area contributed by atoms with Crippen molar-refractivity contribution in [1.82, 2.24) is 9.62 Å². The molecule has 0 aliphatic heterocycles. The van der Waals surface area contributed by atoms with E-state index in [1.165, 1.54) is 19.2 Å². The third kappa shape index (κ3) is 4.83. The van der Waals surface area contributed by atoms with Crippen molar-refractivity contribution in [3.8, 4) is 5.75 Å². The maximum Gasteiger partial charge on any atom is 0.243 e. The van der Waals surface area contributed by atoms with Gasteiger partial charge in [0.05, 0.1) is 24.6 Å². The zero-order chi connectivity index (χ0) is 19.2. The van der Waals surface area contributed by atoms with E-state index in [1.807, 2.05) is 31.2 Å². The van der Waals surface area contributed by atoms with Gasteiger partial charge in [0, 0.05) is 7.05 Å². The lowest BCUT2D eigenvalue weighted by atomic mass is 10.0. The van der Waals surface area contributed by atoms with Gasteiger partial charge < -0.3 is 10.1 Å². The highest BCUT2D eigenvalue weighted by Gasteiger charge is 2.23. The van der Waals surface area contributed by atoms with Crippen LogP contribution in [0.4, 0.5) is 0 Å². The van der Waals surface area contributed by atoms with Crippen molar-refractivity contribution >= 4 is 15.9 Å². The quantitative estimate of drug-likeness (QED) is 0.768. The van der Waals surface area contributed by atoms with Crippen LogP contribution in [0.5, 0.6) is 5.75 Å². The standard InChI is InChI=1S/C19H24N2O4S/c1-4-18(15-10-12-16(25-3)13-11-15)20-19(22)14-21(2)26(23,24)17-8-6-5-7-9-17/h5-13,18H,4,14H2,1-3H3,(H,20,22)/t18-/m0/s1. The highest BCUT2D eigenvalue weighted by atomic mass is 32.2. The summed E-state index contributed by atoms with van der Waals surface area (Å²) in [6, 6.07) is 15.3. The number of likely N-dealkylation sites (N-methyl/N-ethyl adjacent to an activating group) is 1. The number of methoxy groups -OCH3 is 1. The molecule has 0 fully saturated rings. The Morgan fingerprint density at radius 2 is 1.73 bits per heavy atom. The highest BCUT2D eigenvalue weighted by Crippen LogP contribution is 2.20. The molecule has 2 rings (SSSR count). The monoisotopic (exact) mass is 376 g/mol. The molecule has 0 radical (unpaired) electrons. The van der Waals surface area contributed by atoms with E-state index in [0.717, 1.165) is 15.6 Å². The van der Waals surface area contributed by atoms with Crippen LogP contribution in [0.15, 0.2) is 59.5 Å². The van der Waals surface area contributed by atoms with Crippen LogP contribution in [-0.2, 0) is 14.8 Å². The van der Waals surface area contributed by atoms with E-state index >= 15 is 0 Å². The van der Waals surface area contributed by atoms with Crippen molar-refractivity contribution in [1.29, 1.82) is 0 Å². The molecule has 0 saturated heterocycles. The van der Waals surface area contributed by atoms with Gasteiger partial charge in [0.15, 0.2) is 0 Å². The van der Waals surface area contributed by atoms with E-state index in [1.54, 1.807) is 25.3 Å². The molecule has 0 saturated carbocycles. The second-order valence-electron chi connectivity index (χ2n) is 5.88. The molecule has 7 heteroatoms. The normalized spacial score (nSPS) is 12.6. The van der Waals surface area contributed by atoms with Crippen molar-refractivity contribution in [2.75, 3.05) is 20.7 Å². The summed E-state index contributed by atoms with van der Waals surface area (Å²) < 4.78 is 31.2. The summed E-state index contributed by atoms with van der Waals surface area (Å²) in [5.41, 5.74) is 0.940. The first kappa shape index (κ1) is 19.9. The fourth-order valence-electron chi connectivity index (χ4n) is 2.56. The van der Waals surface area contributed by atoms with E-state index in [9.17, 15) is 13.2 Å². The lowest BCUT2D eigenvalue weighted by Gasteiger charge is -2.21. The summed E-state index contributed by atoms with van der Waals surface area (Å²) in [6.07, 6.45) is 0.688. The zero-order valence-electron chi connectivity index (χ0n) is 15.2. The predicted molar refractivity (Wildman–Crippen MR) is 100 cm³/mol. The van der Waals surface area contributed by atoms with Crippen LogP contribution in [0.25, 0.3) is 0 Å². The number of carbonyl (C=O) groups is 1. The smallest absolute Gasteiger partial charge is 0.243 e.